The summed E-state index contributed by atoms with van der Waals surface area (Å²) in [6.45, 7) is 9.27. The smallest absolute Gasteiger partial charge is 0.0774 e. The van der Waals surface area contributed by atoms with Crippen molar-refractivity contribution < 1.29 is 9.84 Å². The van der Waals surface area contributed by atoms with Crippen molar-refractivity contribution in [2.75, 3.05) is 13.2 Å². The minimum atomic E-state index is -0.574. The number of unbranched alkanes of at least 4 members (excludes halogenated alkanes) is 12. The van der Waals surface area contributed by atoms with Crippen molar-refractivity contribution in [2.24, 2.45) is 5.92 Å². The predicted molar refractivity (Wildman–Crippen MR) is 102 cm³/mol. The highest BCUT2D eigenvalue weighted by Gasteiger charge is 1.97. The Bertz CT molecular complexity index is 192. The highest BCUT2D eigenvalue weighted by molar-refractivity contribution is 4.54. The first kappa shape index (κ1) is 22.9. The molecule has 0 heterocycles. The van der Waals surface area contributed by atoms with E-state index in [0.717, 1.165) is 18.9 Å². The normalized spacial score (nSPS) is 12.9. The summed E-state index contributed by atoms with van der Waals surface area (Å²) in [6, 6.07) is 0. The van der Waals surface area contributed by atoms with Crippen LogP contribution in [-0.2, 0) is 4.74 Å². The zero-order valence-electron chi connectivity index (χ0n) is 16.0. The van der Waals surface area contributed by atoms with Crippen molar-refractivity contribution in [1.29, 1.82) is 0 Å². The molecule has 0 saturated carbocycles. The van der Waals surface area contributed by atoms with Crippen LogP contribution in [0.1, 0.15) is 104 Å². The molecule has 0 aliphatic heterocycles. The minimum Gasteiger partial charge on any atom is -0.391 e. The van der Waals surface area contributed by atoms with E-state index in [9.17, 15) is 0 Å². The van der Waals surface area contributed by atoms with Gasteiger partial charge in [-0.25, -0.2) is 0 Å². The second-order valence-electron chi connectivity index (χ2n) is 7.51. The highest BCUT2D eigenvalue weighted by atomic mass is 16.5. The lowest BCUT2D eigenvalue weighted by molar-refractivity contribution is 0.0564. The van der Waals surface area contributed by atoms with Gasteiger partial charge in [-0.05, 0) is 19.3 Å². The first-order valence-corrected chi connectivity index (χ1v) is 10.2. The Morgan fingerprint density at radius 1 is 0.696 bits per heavy atom. The molecule has 0 spiro atoms. The van der Waals surface area contributed by atoms with Gasteiger partial charge in [-0.3, -0.25) is 0 Å². The lowest BCUT2D eigenvalue weighted by Gasteiger charge is -2.06. The van der Waals surface area contributed by atoms with E-state index in [2.05, 4.69) is 20.8 Å². The molecule has 0 aliphatic carbocycles. The minimum absolute atomic E-state index is 0.373. The van der Waals surface area contributed by atoms with Gasteiger partial charge in [0.05, 0.1) is 12.7 Å². The molecule has 0 bridgehead atoms. The third-order valence-electron chi connectivity index (χ3n) is 4.38. The summed E-state index contributed by atoms with van der Waals surface area (Å²) in [5, 5.41) is 8.95. The van der Waals surface area contributed by atoms with E-state index in [-0.39, 0.29) is 0 Å². The van der Waals surface area contributed by atoms with Crippen molar-refractivity contribution in [1.82, 2.24) is 0 Å². The van der Waals surface area contributed by atoms with E-state index < -0.39 is 6.10 Å². The highest BCUT2D eigenvalue weighted by Crippen LogP contribution is 2.14. The second kappa shape index (κ2) is 18.3. The average molecular weight is 328 g/mol. The predicted octanol–water partition coefficient (Wildman–Crippen LogP) is 6.32. The quantitative estimate of drug-likeness (QED) is 0.299. The Kier molecular flexibility index (Phi) is 18.2. The fraction of sp³-hybridized carbons (Fsp3) is 0.952. The SMILES string of the molecule is [CH2]C(O)COCCCCCCCCCCCCCCCC(C)C. The lowest BCUT2D eigenvalue weighted by atomic mass is 10.0. The third-order valence-corrected chi connectivity index (χ3v) is 4.38. The van der Waals surface area contributed by atoms with Crippen LogP contribution in [0, 0.1) is 12.8 Å². The summed E-state index contributed by atoms with van der Waals surface area (Å²) in [6.07, 6.45) is 18.8. The van der Waals surface area contributed by atoms with Gasteiger partial charge in [0.25, 0.3) is 0 Å². The topological polar surface area (TPSA) is 29.5 Å². The van der Waals surface area contributed by atoms with Gasteiger partial charge in [-0.2, -0.15) is 0 Å². The van der Waals surface area contributed by atoms with Gasteiger partial charge in [0, 0.05) is 6.61 Å². The molecule has 0 aromatic carbocycles. The van der Waals surface area contributed by atoms with Gasteiger partial charge in [0.15, 0.2) is 0 Å². The van der Waals surface area contributed by atoms with Gasteiger partial charge in [-0.1, -0.05) is 97.3 Å². The first-order valence-electron chi connectivity index (χ1n) is 10.2. The van der Waals surface area contributed by atoms with Crippen LogP contribution >= 0.6 is 0 Å². The third kappa shape index (κ3) is 21.9. The molecule has 0 aromatic rings. The Labute approximate surface area is 146 Å². The van der Waals surface area contributed by atoms with Gasteiger partial charge >= 0.3 is 0 Å². The van der Waals surface area contributed by atoms with Crippen molar-refractivity contribution in [3.05, 3.63) is 6.92 Å². The molecule has 0 fully saturated rings. The number of rotatable bonds is 18. The fourth-order valence-corrected chi connectivity index (χ4v) is 2.92. The standard InChI is InChI=1S/C21H43O2/c1-20(2)17-15-13-11-9-7-5-4-6-8-10-12-14-16-18-23-19-21(3)22/h20-22H,3-19H2,1-2H3. The molecule has 0 aliphatic rings. The molecule has 1 atom stereocenters. The van der Waals surface area contributed by atoms with Gasteiger partial charge in [0.2, 0.25) is 0 Å². The van der Waals surface area contributed by atoms with Gasteiger partial charge in [0.1, 0.15) is 0 Å². The molecule has 139 valence electrons. The first-order chi connectivity index (χ1) is 11.1. The molecular formula is C21H43O2. The van der Waals surface area contributed by atoms with E-state index in [0.29, 0.717) is 6.61 Å². The maximum absolute atomic E-state index is 8.95. The molecule has 0 rings (SSSR count). The van der Waals surface area contributed by atoms with Crippen LogP contribution in [0.15, 0.2) is 0 Å². The van der Waals surface area contributed by atoms with Gasteiger partial charge in [-0.15, -0.1) is 0 Å². The summed E-state index contributed by atoms with van der Waals surface area (Å²) >= 11 is 0. The van der Waals surface area contributed by atoms with Crippen LogP contribution in [0.25, 0.3) is 0 Å². The van der Waals surface area contributed by atoms with E-state index in [1.54, 1.807) is 0 Å². The van der Waals surface area contributed by atoms with Crippen molar-refractivity contribution >= 4 is 0 Å². The van der Waals surface area contributed by atoms with Crippen LogP contribution in [-0.4, -0.2) is 24.4 Å². The van der Waals surface area contributed by atoms with Crippen LogP contribution in [0.5, 0.6) is 0 Å². The van der Waals surface area contributed by atoms with Crippen LogP contribution in [0.3, 0.4) is 0 Å². The van der Waals surface area contributed by atoms with E-state index >= 15 is 0 Å². The molecule has 0 saturated heterocycles. The summed E-state index contributed by atoms with van der Waals surface area (Å²) in [4.78, 5) is 0. The van der Waals surface area contributed by atoms with Crippen molar-refractivity contribution in [3.8, 4) is 0 Å². The Balaban J connectivity index is 2.97. The van der Waals surface area contributed by atoms with Crippen molar-refractivity contribution in [3.63, 3.8) is 0 Å². The number of aliphatic hydroxyl groups excluding tert-OH is 1. The number of aliphatic hydroxyl groups is 1. The summed E-state index contributed by atoms with van der Waals surface area (Å²) < 4.78 is 5.30. The molecule has 1 radical (unpaired) electrons. The molecule has 0 amide bonds. The summed E-state index contributed by atoms with van der Waals surface area (Å²) in [5.74, 6) is 0.879. The maximum Gasteiger partial charge on any atom is 0.0774 e. The Hall–Kier alpha value is -0.0800. The molecule has 2 heteroatoms. The van der Waals surface area contributed by atoms with E-state index in [1.807, 2.05) is 0 Å². The number of hydrogen-bond acceptors (Lipinski definition) is 2. The van der Waals surface area contributed by atoms with Gasteiger partial charge < -0.3 is 9.84 Å². The zero-order valence-corrected chi connectivity index (χ0v) is 16.0. The Morgan fingerprint density at radius 2 is 1.09 bits per heavy atom. The summed E-state index contributed by atoms with van der Waals surface area (Å²) in [5.41, 5.74) is 0. The molecule has 2 nitrogen and oxygen atoms in total. The van der Waals surface area contributed by atoms with Crippen LogP contribution in [0.4, 0.5) is 0 Å². The van der Waals surface area contributed by atoms with Crippen LogP contribution < -0.4 is 0 Å². The van der Waals surface area contributed by atoms with Crippen LogP contribution in [0.2, 0.25) is 0 Å². The molecule has 1 N–H and O–H groups in total. The monoisotopic (exact) mass is 327 g/mol. The second-order valence-corrected chi connectivity index (χ2v) is 7.51. The number of ether oxygens (including phenoxy) is 1. The molecular weight excluding hydrogens is 284 g/mol. The summed E-state index contributed by atoms with van der Waals surface area (Å²) in [7, 11) is 0. The Morgan fingerprint density at radius 3 is 1.48 bits per heavy atom. The van der Waals surface area contributed by atoms with Crippen molar-refractivity contribution in [2.45, 2.75) is 110 Å². The largest absolute Gasteiger partial charge is 0.391 e. The molecule has 1 unspecified atom stereocenters. The van der Waals surface area contributed by atoms with E-state index in [4.69, 9.17) is 9.84 Å². The number of hydrogen-bond donors (Lipinski definition) is 1. The maximum atomic E-state index is 8.95. The average Bonchev–Trinajstić information content (AvgIpc) is 2.49. The molecule has 0 aromatic heterocycles. The molecule has 23 heavy (non-hydrogen) atoms. The zero-order chi connectivity index (χ0) is 17.2. The lowest BCUT2D eigenvalue weighted by Crippen LogP contribution is -2.11. The fourth-order valence-electron chi connectivity index (χ4n) is 2.92. The van der Waals surface area contributed by atoms with E-state index in [1.165, 1.54) is 83.5 Å².